The molecule has 66 valence electrons. The highest BCUT2D eigenvalue weighted by atomic mass is 32.2. The fourth-order valence-corrected chi connectivity index (χ4v) is 0.561. The summed E-state index contributed by atoms with van der Waals surface area (Å²) in [6.45, 7) is -0.741. The summed E-state index contributed by atoms with van der Waals surface area (Å²) >= 11 is 0. The highest BCUT2D eigenvalue weighted by molar-refractivity contribution is 7.83. The Kier molecular flexibility index (Phi) is 3.39. The van der Waals surface area contributed by atoms with E-state index < -0.39 is 22.8 Å². The molecule has 0 unspecified atom stereocenters. The van der Waals surface area contributed by atoms with E-state index in [0.717, 1.165) is 7.05 Å². The largest absolute Gasteiger partial charge is 0.357 e. The van der Waals surface area contributed by atoms with Crippen LogP contribution in [0.1, 0.15) is 0 Å². The summed E-state index contributed by atoms with van der Waals surface area (Å²) in [5, 5.41) is 7.70. The molecule has 0 spiro atoms. The van der Waals surface area contributed by atoms with Crippen LogP contribution in [0.3, 0.4) is 0 Å². The topological polar surface area (TPSA) is 104 Å². The standard InChI is InChI=1S/C3H7NO6S/c1-4(11(7,8)9)2-3(5)10-6/h6H,2H2,1H3,(H,7,8,9). The van der Waals surface area contributed by atoms with Gasteiger partial charge in [-0.2, -0.15) is 18.0 Å². The molecule has 2 N–H and O–H groups in total. The third kappa shape index (κ3) is 3.88. The first-order valence-corrected chi connectivity index (χ1v) is 3.80. The van der Waals surface area contributed by atoms with Crippen molar-refractivity contribution in [3.8, 4) is 0 Å². The van der Waals surface area contributed by atoms with E-state index in [1.165, 1.54) is 0 Å². The van der Waals surface area contributed by atoms with Gasteiger partial charge in [0.15, 0.2) is 0 Å². The molecule has 0 fully saturated rings. The van der Waals surface area contributed by atoms with Crippen molar-refractivity contribution in [3.63, 3.8) is 0 Å². The maximum atomic E-state index is 10.2. The van der Waals surface area contributed by atoms with Crippen molar-refractivity contribution in [3.05, 3.63) is 0 Å². The average Bonchev–Trinajstić information content (AvgIpc) is 1.85. The minimum Gasteiger partial charge on any atom is -0.300 e. The Labute approximate surface area is 63.0 Å². The van der Waals surface area contributed by atoms with Gasteiger partial charge in [-0.15, -0.1) is 0 Å². The van der Waals surface area contributed by atoms with Crippen molar-refractivity contribution in [1.82, 2.24) is 4.31 Å². The van der Waals surface area contributed by atoms with Crippen molar-refractivity contribution in [1.29, 1.82) is 0 Å². The molecular weight excluding hydrogens is 178 g/mol. The maximum absolute atomic E-state index is 10.2. The Morgan fingerprint density at radius 3 is 2.36 bits per heavy atom. The number of hydrogen-bond donors (Lipinski definition) is 2. The summed E-state index contributed by atoms with van der Waals surface area (Å²) in [5.41, 5.74) is 0. The lowest BCUT2D eigenvalue weighted by molar-refractivity contribution is -0.234. The fraction of sp³-hybridized carbons (Fsp3) is 0.667. The molecule has 7 nitrogen and oxygen atoms in total. The minimum atomic E-state index is -4.39. The Morgan fingerprint density at radius 2 is 2.09 bits per heavy atom. The predicted molar refractivity (Wildman–Crippen MR) is 32.9 cm³/mol. The van der Waals surface area contributed by atoms with Gasteiger partial charge in [-0.1, -0.05) is 0 Å². The lowest BCUT2D eigenvalue weighted by Gasteiger charge is -2.08. The van der Waals surface area contributed by atoms with E-state index in [2.05, 4.69) is 4.89 Å². The van der Waals surface area contributed by atoms with Gasteiger partial charge >= 0.3 is 16.3 Å². The van der Waals surface area contributed by atoms with Crippen molar-refractivity contribution in [2.75, 3.05) is 13.6 Å². The lowest BCUT2D eigenvalue weighted by Crippen LogP contribution is -2.32. The van der Waals surface area contributed by atoms with Gasteiger partial charge in [-0.3, -0.25) is 9.44 Å². The maximum Gasteiger partial charge on any atom is 0.357 e. The van der Waals surface area contributed by atoms with Crippen molar-refractivity contribution in [2.24, 2.45) is 0 Å². The van der Waals surface area contributed by atoms with Gasteiger partial charge in [0.05, 0.1) is 0 Å². The van der Waals surface area contributed by atoms with Crippen molar-refractivity contribution in [2.45, 2.75) is 0 Å². The molecule has 0 saturated carbocycles. The number of carbonyl (C=O) groups is 1. The first-order valence-electron chi connectivity index (χ1n) is 2.41. The number of carbonyl (C=O) groups excluding carboxylic acids is 1. The normalized spacial score (nSPS) is 11.6. The van der Waals surface area contributed by atoms with Gasteiger partial charge < -0.3 is 0 Å². The SMILES string of the molecule is CN(CC(=O)OO)S(=O)(=O)O. The molecule has 0 rings (SSSR count). The van der Waals surface area contributed by atoms with Crippen LogP contribution in [0.4, 0.5) is 0 Å². The van der Waals surface area contributed by atoms with Gasteiger partial charge in [-0.25, -0.2) is 4.79 Å². The van der Waals surface area contributed by atoms with Crippen LogP contribution in [0.25, 0.3) is 0 Å². The van der Waals surface area contributed by atoms with E-state index in [0.29, 0.717) is 4.31 Å². The monoisotopic (exact) mass is 185 g/mol. The number of hydrogen-bond acceptors (Lipinski definition) is 5. The van der Waals surface area contributed by atoms with E-state index in [4.69, 9.17) is 9.81 Å². The highest BCUT2D eigenvalue weighted by Gasteiger charge is 2.17. The molecule has 0 aliphatic carbocycles. The van der Waals surface area contributed by atoms with E-state index >= 15 is 0 Å². The highest BCUT2D eigenvalue weighted by Crippen LogP contribution is 1.91. The van der Waals surface area contributed by atoms with Gasteiger partial charge in [0.25, 0.3) is 0 Å². The Morgan fingerprint density at radius 1 is 1.64 bits per heavy atom. The summed E-state index contributed by atoms with van der Waals surface area (Å²) in [4.78, 5) is 13.3. The molecule has 11 heavy (non-hydrogen) atoms. The third-order valence-corrected chi connectivity index (χ3v) is 1.76. The fourth-order valence-electron chi connectivity index (χ4n) is 0.292. The summed E-state index contributed by atoms with van der Waals surface area (Å²) in [7, 11) is -3.44. The summed E-state index contributed by atoms with van der Waals surface area (Å²) < 4.78 is 28.9. The van der Waals surface area contributed by atoms with Crippen LogP contribution in [-0.4, -0.2) is 42.1 Å². The molecule has 0 aromatic heterocycles. The first kappa shape index (κ1) is 10.3. The zero-order valence-electron chi connectivity index (χ0n) is 5.59. The molecule has 0 saturated heterocycles. The molecule has 0 aliphatic rings. The number of nitrogens with zero attached hydrogens (tertiary/aromatic N) is 1. The van der Waals surface area contributed by atoms with Gasteiger partial charge in [0.1, 0.15) is 6.54 Å². The summed E-state index contributed by atoms with van der Waals surface area (Å²) in [6, 6.07) is 0. The van der Waals surface area contributed by atoms with Gasteiger partial charge in [0, 0.05) is 7.05 Å². The second kappa shape index (κ2) is 3.62. The molecule has 0 aliphatic heterocycles. The second-order valence-corrected chi connectivity index (χ2v) is 3.22. The quantitative estimate of drug-likeness (QED) is 0.323. The van der Waals surface area contributed by atoms with Crippen LogP contribution in [-0.2, 0) is 20.0 Å². The van der Waals surface area contributed by atoms with E-state index in [9.17, 15) is 13.2 Å². The van der Waals surface area contributed by atoms with Crippen LogP contribution in [0, 0.1) is 0 Å². The van der Waals surface area contributed by atoms with E-state index in [-0.39, 0.29) is 0 Å². The minimum absolute atomic E-state index is 0.311. The van der Waals surface area contributed by atoms with Crippen LogP contribution in [0.2, 0.25) is 0 Å². The molecule has 0 amide bonds. The van der Waals surface area contributed by atoms with Gasteiger partial charge in [-0.05, 0) is 0 Å². The van der Waals surface area contributed by atoms with E-state index in [1.54, 1.807) is 0 Å². The summed E-state index contributed by atoms with van der Waals surface area (Å²) in [6.07, 6.45) is 0. The number of likely N-dealkylation sites (N-methyl/N-ethyl adjacent to an activating group) is 1. The zero-order chi connectivity index (χ0) is 9.07. The Hall–Kier alpha value is -0.700. The Balaban J connectivity index is 4.10. The van der Waals surface area contributed by atoms with Crippen LogP contribution < -0.4 is 0 Å². The van der Waals surface area contributed by atoms with Crippen LogP contribution >= 0.6 is 0 Å². The average molecular weight is 185 g/mol. The molecular formula is C3H7NO6S. The third-order valence-electron chi connectivity index (χ3n) is 0.847. The van der Waals surface area contributed by atoms with Gasteiger partial charge in [0.2, 0.25) is 0 Å². The molecule has 8 heteroatoms. The summed E-state index contributed by atoms with van der Waals surface area (Å²) in [5.74, 6) is -1.18. The molecule has 0 aromatic carbocycles. The first-order chi connectivity index (χ1) is 4.88. The zero-order valence-corrected chi connectivity index (χ0v) is 6.41. The van der Waals surface area contributed by atoms with E-state index in [1.807, 2.05) is 0 Å². The molecule has 0 bridgehead atoms. The molecule has 0 heterocycles. The molecule has 0 aromatic rings. The Bertz CT molecular complexity index is 232. The van der Waals surface area contributed by atoms with Crippen molar-refractivity contribution < 1.29 is 27.9 Å². The lowest BCUT2D eigenvalue weighted by atomic mass is 10.7. The van der Waals surface area contributed by atoms with Crippen molar-refractivity contribution >= 4 is 16.3 Å². The second-order valence-electron chi connectivity index (χ2n) is 1.70. The number of rotatable bonds is 3. The predicted octanol–water partition coefficient (Wildman–Crippen LogP) is -1.26. The van der Waals surface area contributed by atoms with Crippen LogP contribution in [0.5, 0.6) is 0 Å². The smallest absolute Gasteiger partial charge is 0.300 e. The molecule has 0 radical (unpaired) electrons. The van der Waals surface area contributed by atoms with Crippen LogP contribution in [0.15, 0.2) is 0 Å². The molecule has 0 atom stereocenters.